The third-order valence-electron chi connectivity index (χ3n) is 7.07. The van der Waals surface area contributed by atoms with E-state index in [2.05, 4.69) is 25.3 Å². The molecule has 3 N–H and O–H groups in total. The lowest BCUT2D eigenvalue weighted by atomic mass is 10.1. The van der Waals surface area contributed by atoms with E-state index in [-0.39, 0.29) is 47.5 Å². The lowest BCUT2D eigenvalue weighted by Gasteiger charge is -2.33. The molecule has 0 aromatic carbocycles. The van der Waals surface area contributed by atoms with E-state index in [1.165, 1.54) is 23.7 Å². The van der Waals surface area contributed by atoms with Gasteiger partial charge in [0.25, 0.3) is 11.8 Å². The molecule has 43 heavy (non-hydrogen) atoms. The number of pyridine rings is 2. The smallest absolute Gasteiger partial charge is 0.271 e. The number of likely N-dealkylation sites (N-methyl/N-ethyl adjacent to an activating group) is 1. The Bertz CT molecular complexity index is 1520. The van der Waals surface area contributed by atoms with Crippen LogP contribution in [0.1, 0.15) is 52.5 Å². The number of carbonyl (C=O) groups excluding carboxylic acids is 2. The minimum absolute atomic E-state index is 0.0739. The first kappa shape index (κ1) is 32.0. The third kappa shape index (κ3) is 7.54. The average Bonchev–Trinajstić information content (AvgIpc) is 3.34. The zero-order valence-electron chi connectivity index (χ0n) is 24.7. The molecule has 14 nitrogen and oxygen atoms in total. The third-order valence-corrected chi connectivity index (χ3v) is 8.93. The number of rotatable bonds is 14. The number of aromatic nitrogens is 4. The van der Waals surface area contributed by atoms with Crippen LogP contribution in [0.5, 0.6) is 5.88 Å². The highest BCUT2D eigenvalue weighted by molar-refractivity contribution is 7.89. The van der Waals surface area contributed by atoms with Gasteiger partial charge in [0.2, 0.25) is 15.9 Å². The average molecular weight is 615 g/mol. The van der Waals surface area contributed by atoms with Gasteiger partial charge < -0.3 is 25.4 Å². The summed E-state index contributed by atoms with van der Waals surface area (Å²) in [4.78, 5) is 36.8. The molecule has 3 aromatic heterocycles. The number of primary amides is 1. The van der Waals surface area contributed by atoms with Crippen LogP contribution in [0.2, 0.25) is 0 Å². The molecule has 1 aliphatic heterocycles. The van der Waals surface area contributed by atoms with Crippen molar-refractivity contribution in [3.05, 3.63) is 59.3 Å². The molecule has 4 heterocycles. The van der Waals surface area contributed by atoms with E-state index in [0.29, 0.717) is 50.4 Å². The van der Waals surface area contributed by atoms with E-state index in [4.69, 9.17) is 15.2 Å². The summed E-state index contributed by atoms with van der Waals surface area (Å²) in [7, 11) is -2.45. The molecule has 0 unspecified atom stereocenters. The number of carbonyl (C=O) groups is 2. The van der Waals surface area contributed by atoms with Crippen LogP contribution in [0.25, 0.3) is 0 Å². The van der Waals surface area contributed by atoms with Gasteiger partial charge in [-0.2, -0.15) is 9.40 Å². The van der Waals surface area contributed by atoms with Gasteiger partial charge in [-0.05, 0) is 31.2 Å². The van der Waals surface area contributed by atoms with Crippen LogP contribution in [0.3, 0.4) is 0 Å². The van der Waals surface area contributed by atoms with Crippen molar-refractivity contribution in [1.29, 1.82) is 0 Å². The fourth-order valence-electron chi connectivity index (χ4n) is 4.76. The summed E-state index contributed by atoms with van der Waals surface area (Å²) in [5.41, 5.74) is 6.84. The van der Waals surface area contributed by atoms with Gasteiger partial charge in [-0.1, -0.05) is 26.3 Å². The fraction of sp³-hybridized carbons (Fsp3) is 0.464. The maximum Gasteiger partial charge on any atom is 0.271 e. The molecule has 15 heteroatoms. The molecule has 0 bridgehead atoms. The quantitative estimate of drug-likeness (QED) is 0.252. The Morgan fingerprint density at radius 2 is 1.86 bits per heavy atom. The minimum atomic E-state index is -3.95. The molecule has 1 saturated heterocycles. The van der Waals surface area contributed by atoms with E-state index < -0.39 is 21.8 Å². The lowest BCUT2D eigenvalue weighted by Crippen LogP contribution is -2.48. The summed E-state index contributed by atoms with van der Waals surface area (Å²) in [6, 6.07) is 6.70. The van der Waals surface area contributed by atoms with E-state index in [0.717, 1.165) is 6.54 Å². The first-order valence-electron chi connectivity index (χ1n) is 14.1. The van der Waals surface area contributed by atoms with Crippen LogP contribution in [-0.2, 0) is 27.7 Å². The topological polar surface area (TPSA) is 175 Å². The van der Waals surface area contributed by atoms with Crippen LogP contribution in [0, 0.1) is 0 Å². The predicted molar refractivity (Wildman–Crippen MR) is 159 cm³/mol. The molecule has 0 spiro atoms. The van der Waals surface area contributed by atoms with Crippen molar-refractivity contribution in [2.24, 2.45) is 5.73 Å². The van der Waals surface area contributed by atoms with Crippen molar-refractivity contribution >= 4 is 27.5 Å². The maximum atomic E-state index is 13.8. The van der Waals surface area contributed by atoms with E-state index in [1.54, 1.807) is 16.9 Å². The van der Waals surface area contributed by atoms with Crippen LogP contribution in [0.15, 0.2) is 41.6 Å². The van der Waals surface area contributed by atoms with Gasteiger partial charge in [-0.25, -0.2) is 13.4 Å². The number of piperazine rings is 1. The molecule has 232 valence electrons. The molecular weight excluding hydrogens is 576 g/mol. The SMILES string of the molecule is CCCc1c(NC(=O)c2cc(S(=O)(=O)N3CCN(CC)CC3)cnc2OCCOC)c(C(N)=O)nn1Cc1ccccn1. The number of sulfonamides is 1. The number of hydrogen-bond acceptors (Lipinski definition) is 10. The van der Waals surface area contributed by atoms with Crippen LogP contribution >= 0.6 is 0 Å². The number of nitrogens with two attached hydrogens (primary N) is 1. The summed E-state index contributed by atoms with van der Waals surface area (Å²) in [5.74, 6) is -1.64. The van der Waals surface area contributed by atoms with E-state index in [9.17, 15) is 18.0 Å². The van der Waals surface area contributed by atoms with Gasteiger partial charge in [0.05, 0.1) is 36.4 Å². The zero-order valence-corrected chi connectivity index (χ0v) is 25.5. The second-order valence-corrected chi connectivity index (χ2v) is 11.9. The van der Waals surface area contributed by atoms with Crippen molar-refractivity contribution in [2.45, 2.75) is 38.1 Å². The lowest BCUT2D eigenvalue weighted by molar-refractivity contribution is 0.0995. The Labute approximate surface area is 251 Å². The van der Waals surface area contributed by atoms with Crippen LogP contribution in [0.4, 0.5) is 5.69 Å². The Hall–Kier alpha value is -3.92. The van der Waals surface area contributed by atoms with Crippen LogP contribution < -0.4 is 15.8 Å². The molecule has 3 aromatic rings. The highest BCUT2D eigenvalue weighted by atomic mass is 32.2. The molecule has 1 fully saturated rings. The summed E-state index contributed by atoms with van der Waals surface area (Å²) in [6.07, 6.45) is 3.98. The highest BCUT2D eigenvalue weighted by Gasteiger charge is 2.31. The van der Waals surface area contributed by atoms with Gasteiger partial charge >= 0.3 is 0 Å². The summed E-state index contributed by atoms with van der Waals surface area (Å²) in [5, 5.41) is 7.16. The highest BCUT2D eigenvalue weighted by Crippen LogP contribution is 2.28. The second kappa shape index (κ2) is 14.5. The van der Waals surface area contributed by atoms with Crippen molar-refractivity contribution < 1.29 is 27.5 Å². The van der Waals surface area contributed by atoms with Gasteiger partial charge in [-0.15, -0.1) is 0 Å². The first-order chi connectivity index (χ1) is 20.7. The summed E-state index contributed by atoms with van der Waals surface area (Å²) < 4.78 is 40.8. The number of methoxy groups -OCH3 is 1. The van der Waals surface area contributed by atoms with Crippen molar-refractivity contribution in [1.82, 2.24) is 29.0 Å². The number of amides is 2. The van der Waals surface area contributed by atoms with E-state index in [1.807, 2.05) is 26.0 Å². The van der Waals surface area contributed by atoms with E-state index >= 15 is 0 Å². The molecule has 2 amide bonds. The largest absolute Gasteiger partial charge is 0.475 e. The number of anilines is 1. The van der Waals surface area contributed by atoms with Crippen molar-refractivity contribution in [2.75, 3.05) is 58.4 Å². The molecule has 4 rings (SSSR count). The normalized spacial score (nSPS) is 14.5. The molecular formula is C28H38N8O6S. The van der Waals surface area contributed by atoms with Crippen LogP contribution in [-0.4, -0.2) is 102 Å². The Kier molecular flexibility index (Phi) is 10.8. The number of nitrogens with one attached hydrogen (secondary N) is 1. The molecule has 0 radical (unpaired) electrons. The molecule has 0 atom stereocenters. The Morgan fingerprint density at radius 3 is 2.49 bits per heavy atom. The van der Waals surface area contributed by atoms with Crippen molar-refractivity contribution in [3.8, 4) is 5.88 Å². The Balaban J connectivity index is 1.71. The Morgan fingerprint density at radius 1 is 1.09 bits per heavy atom. The van der Waals surface area contributed by atoms with Gasteiger partial charge in [0.15, 0.2) is 5.69 Å². The summed E-state index contributed by atoms with van der Waals surface area (Å²) >= 11 is 0. The summed E-state index contributed by atoms with van der Waals surface area (Å²) in [6.45, 7) is 7.20. The van der Waals surface area contributed by atoms with Gasteiger partial charge in [-0.3, -0.25) is 19.3 Å². The predicted octanol–water partition coefficient (Wildman–Crippen LogP) is 1.38. The minimum Gasteiger partial charge on any atom is -0.475 e. The number of ether oxygens (including phenoxy) is 2. The molecule has 0 saturated carbocycles. The second-order valence-electron chi connectivity index (χ2n) is 9.92. The molecule has 0 aliphatic carbocycles. The first-order valence-corrected chi connectivity index (χ1v) is 15.6. The maximum absolute atomic E-state index is 13.8. The monoisotopic (exact) mass is 614 g/mol. The van der Waals surface area contributed by atoms with Gasteiger partial charge in [0.1, 0.15) is 17.1 Å². The molecule has 1 aliphatic rings. The number of hydrogen-bond donors (Lipinski definition) is 2. The van der Waals surface area contributed by atoms with Gasteiger partial charge in [0, 0.05) is 39.5 Å². The zero-order chi connectivity index (χ0) is 31.0. The van der Waals surface area contributed by atoms with Crippen molar-refractivity contribution in [3.63, 3.8) is 0 Å². The standard InChI is InChI=1S/C28H38N8O6S/c1-4-8-23-24(25(26(29)37)33-36(23)19-20-9-6-7-10-30-20)32-27(38)22-17-21(18-31-28(22)42-16-15-41-3)43(39,40)35-13-11-34(5-2)12-14-35/h6-7,9-10,17-18H,4-5,8,11-16,19H2,1-3H3,(H2,29,37)(H,32,38). The fourth-order valence-corrected chi connectivity index (χ4v) is 6.15. The number of nitrogens with zero attached hydrogens (tertiary/aromatic N) is 6.